The average molecular weight is 254 g/mol. The smallest absolute Gasteiger partial charge is 0.307 e. The summed E-state index contributed by atoms with van der Waals surface area (Å²) in [6.45, 7) is 5.57. The number of carbonyl (C=O) groups is 1. The lowest BCUT2D eigenvalue weighted by Gasteiger charge is -2.19. The molecule has 0 saturated heterocycles. The first-order valence-electron chi connectivity index (χ1n) is 5.43. The van der Waals surface area contributed by atoms with Crippen LogP contribution in [0.4, 0.5) is 5.69 Å². The summed E-state index contributed by atoms with van der Waals surface area (Å²) in [5.74, 6) is 0.426. The summed E-state index contributed by atoms with van der Waals surface area (Å²) in [6.07, 6.45) is 2.05. The van der Waals surface area contributed by atoms with Crippen molar-refractivity contribution in [3.63, 3.8) is 0 Å². The van der Waals surface area contributed by atoms with Crippen LogP contribution in [0.25, 0.3) is 0 Å². The molecule has 0 saturated carbocycles. The molecule has 1 rings (SSSR count). The van der Waals surface area contributed by atoms with Gasteiger partial charge >= 0.3 is 5.97 Å². The van der Waals surface area contributed by atoms with Crippen LogP contribution in [-0.2, 0) is 9.53 Å². The lowest BCUT2D eigenvalue weighted by atomic mass is 10.2. The summed E-state index contributed by atoms with van der Waals surface area (Å²) in [7, 11) is 0. The van der Waals surface area contributed by atoms with Crippen LogP contribution in [0.15, 0.2) is 23.4 Å². The highest BCUT2D eigenvalue weighted by Crippen LogP contribution is 2.22. The van der Waals surface area contributed by atoms with Crippen molar-refractivity contribution < 1.29 is 9.53 Å². The van der Waals surface area contributed by atoms with E-state index < -0.39 is 5.60 Å². The van der Waals surface area contributed by atoms with Gasteiger partial charge in [-0.2, -0.15) is 0 Å². The van der Waals surface area contributed by atoms with Gasteiger partial charge in [-0.25, -0.2) is 4.98 Å². The Kier molecular flexibility index (Phi) is 4.81. The molecule has 0 radical (unpaired) electrons. The Morgan fingerprint density at radius 3 is 2.82 bits per heavy atom. The predicted molar refractivity (Wildman–Crippen MR) is 69.8 cm³/mol. The average Bonchev–Trinajstić information content (AvgIpc) is 2.18. The van der Waals surface area contributed by atoms with Crippen LogP contribution in [0.5, 0.6) is 0 Å². The fraction of sp³-hybridized carbons (Fsp3) is 0.500. The molecule has 1 aromatic rings. The Labute approximate surface area is 106 Å². The van der Waals surface area contributed by atoms with Crippen molar-refractivity contribution in [2.75, 3.05) is 11.5 Å². The number of nitrogen functional groups attached to an aromatic ring is 1. The van der Waals surface area contributed by atoms with Crippen LogP contribution < -0.4 is 5.73 Å². The fourth-order valence-corrected chi connectivity index (χ4v) is 1.98. The van der Waals surface area contributed by atoms with Gasteiger partial charge in [-0.15, -0.1) is 11.8 Å². The standard InChI is InChI=1S/C12H18N2O2S/c1-12(2,3)16-10(15)6-8-17-11-9(13)5-4-7-14-11/h4-5,7H,6,8,13H2,1-3H3. The number of nitrogens with zero attached hydrogens (tertiary/aromatic N) is 1. The van der Waals surface area contributed by atoms with E-state index in [0.717, 1.165) is 5.03 Å². The van der Waals surface area contributed by atoms with Gasteiger partial charge in [-0.1, -0.05) is 0 Å². The second-order valence-corrected chi connectivity index (χ2v) is 5.67. The van der Waals surface area contributed by atoms with E-state index in [2.05, 4.69) is 4.98 Å². The van der Waals surface area contributed by atoms with Crippen LogP contribution >= 0.6 is 11.8 Å². The van der Waals surface area contributed by atoms with Gasteiger partial charge < -0.3 is 10.5 Å². The van der Waals surface area contributed by atoms with Gasteiger partial charge in [0.2, 0.25) is 0 Å². The molecular weight excluding hydrogens is 236 g/mol. The van der Waals surface area contributed by atoms with E-state index in [1.165, 1.54) is 11.8 Å². The molecule has 0 atom stereocenters. The lowest BCUT2D eigenvalue weighted by Crippen LogP contribution is -2.24. The van der Waals surface area contributed by atoms with E-state index >= 15 is 0 Å². The number of anilines is 1. The molecule has 0 spiro atoms. The summed E-state index contributed by atoms with van der Waals surface area (Å²) in [5, 5.41) is 0.760. The number of hydrogen-bond acceptors (Lipinski definition) is 5. The predicted octanol–water partition coefficient (Wildman–Crippen LogP) is 2.49. The van der Waals surface area contributed by atoms with E-state index in [4.69, 9.17) is 10.5 Å². The molecule has 0 bridgehead atoms. The van der Waals surface area contributed by atoms with Gasteiger partial charge in [0.1, 0.15) is 10.6 Å². The molecule has 5 heteroatoms. The Balaban J connectivity index is 2.34. The minimum absolute atomic E-state index is 0.195. The Hall–Kier alpha value is -1.23. The van der Waals surface area contributed by atoms with Crippen molar-refractivity contribution in [1.82, 2.24) is 4.98 Å². The second-order valence-electron chi connectivity index (χ2n) is 4.58. The number of hydrogen-bond donors (Lipinski definition) is 1. The maximum absolute atomic E-state index is 11.4. The topological polar surface area (TPSA) is 65.2 Å². The van der Waals surface area contributed by atoms with E-state index in [0.29, 0.717) is 17.9 Å². The van der Waals surface area contributed by atoms with Crippen molar-refractivity contribution in [1.29, 1.82) is 0 Å². The van der Waals surface area contributed by atoms with Crippen LogP contribution in [-0.4, -0.2) is 22.3 Å². The van der Waals surface area contributed by atoms with Crippen molar-refractivity contribution in [3.8, 4) is 0 Å². The van der Waals surface area contributed by atoms with Crippen molar-refractivity contribution >= 4 is 23.4 Å². The van der Waals surface area contributed by atoms with E-state index in [-0.39, 0.29) is 5.97 Å². The molecule has 2 N–H and O–H groups in total. The monoisotopic (exact) mass is 254 g/mol. The van der Waals surface area contributed by atoms with E-state index in [1.54, 1.807) is 18.3 Å². The van der Waals surface area contributed by atoms with E-state index in [9.17, 15) is 4.79 Å². The van der Waals surface area contributed by atoms with Gasteiger partial charge in [0.25, 0.3) is 0 Å². The van der Waals surface area contributed by atoms with Gasteiger partial charge in [-0.3, -0.25) is 4.79 Å². The lowest BCUT2D eigenvalue weighted by molar-refractivity contribution is -0.154. The highest BCUT2D eigenvalue weighted by atomic mass is 32.2. The molecule has 1 heterocycles. The van der Waals surface area contributed by atoms with Gasteiger partial charge in [0.05, 0.1) is 12.1 Å². The zero-order chi connectivity index (χ0) is 12.9. The van der Waals surface area contributed by atoms with E-state index in [1.807, 2.05) is 20.8 Å². The first-order valence-corrected chi connectivity index (χ1v) is 6.42. The number of aromatic nitrogens is 1. The third-order valence-corrected chi connectivity index (χ3v) is 2.79. The number of rotatable bonds is 4. The number of esters is 1. The van der Waals surface area contributed by atoms with Crippen LogP contribution in [0, 0.1) is 0 Å². The SMILES string of the molecule is CC(C)(C)OC(=O)CCSc1ncccc1N. The molecule has 94 valence electrons. The zero-order valence-corrected chi connectivity index (χ0v) is 11.2. The Morgan fingerprint density at radius 2 is 2.24 bits per heavy atom. The number of carbonyl (C=O) groups excluding carboxylic acids is 1. The minimum Gasteiger partial charge on any atom is -0.460 e. The number of nitrogens with two attached hydrogens (primary N) is 1. The molecule has 0 aliphatic carbocycles. The maximum Gasteiger partial charge on any atom is 0.307 e. The normalized spacial score (nSPS) is 11.2. The molecule has 0 amide bonds. The highest BCUT2D eigenvalue weighted by molar-refractivity contribution is 7.99. The Bertz CT molecular complexity index is 388. The summed E-state index contributed by atoms with van der Waals surface area (Å²) in [5.41, 5.74) is 5.96. The number of pyridine rings is 1. The molecule has 0 aliphatic rings. The third kappa shape index (κ3) is 5.58. The van der Waals surface area contributed by atoms with Crippen molar-refractivity contribution in [2.24, 2.45) is 0 Å². The van der Waals surface area contributed by atoms with Gasteiger partial charge in [-0.05, 0) is 32.9 Å². The van der Waals surface area contributed by atoms with Gasteiger partial charge in [0.15, 0.2) is 0 Å². The molecule has 1 aromatic heterocycles. The first-order chi connectivity index (χ1) is 7.88. The van der Waals surface area contributed by atoms with Crippen molar-refractivity contribution in [2.45, 2.75) is 37.8 Å². The quantitative estimate of drug-likeness (QED) is 0.660. The molecule has 0 aliphatic heterocycles. The third-order valence-electron chi connectivity index (χ3n) is 1.77. The number of thioether (sulfide) groups is 1. The number of ether oxygens (including phenoxy) is 1. The minimum atomic E-state index is -0.425. The summed E-state index contributed by atoms with van der Waals surface area (Å²) in [4.78, 5) is 15.6. The molecule has 0 unspecified atom stereocenters. The highest BCUT2D eigenvalue weighted by Gasteiger charge is 2.15. The zero-order valence-electron chi connectivity index (χ0n) is 10.4. The first kappa shape index (κ1) is 13.8. The molecule has 0 fully saturated rings. The largest absolute Gasteiger partial charge is 0.460 e. The second kappa shape index (κ2) is 5.91. The van der Waals surface area contributed by atoms with Gasteiger partial charge in [0, 0.05) is 11.9 Å². The summed E-state index contributed by atoms with van der Waals surface area (Å²) in [6, 6.07) is 3.58. The molecular formula is C12H18N2O2S. The molecule has 4 nitrogen and oxygen atoms in total. The van der Waals surface area contributed by atoms with Crippen LogP contribution in [0.1, 0.15) is 27.2 Å². The molecule has 17 heavy (non-hydrogen) atoms. The maximum atomic E-state index is 11.4. The molecule has 0 aromatic carbocycles. The van der Waals surface area contributed by atoms with Crippen LogP contribution in [0.2, 0.25) is 0 Å². The fourth-order valence-electron chi connectivity index (χ4n) is 1.15. The van der Waals surface area contributed by atoms with Crippen LogP contribution in [0.3, 0.4) is 0 Å². The summed E-state index contributed by atoms with van der Waals surface area (Å²) >= 11 is 1.46. The summed E-state index contributed by atoms with van der Waals surface area (Å²) < 4.78 is 5.20. The van der Waals surface area contributed by atoms with Crippen molar-refractivity contribution in [3.05, 3.63) is 18.3 Å². The Morgan fingerprint density at radius 1 is 1.53 bits per heavy atom.